The van der Waals surface area contributed by atoms with Crippen LogP contribution in [0.4, 0.5) is 0 Å². The molecule has 4 rings (SSSR count). The van der Waals surface area contributed by atoms with Crippen molar-refractivity contribution < 1.29 is 0 Å². The second-order valence-corrected chi connectivity index (χ2v) is 6.70. The van der Waals surface area contributed by atoms with Gasteiger partial charge in [0.2, 0.25) is 0 Å². The molecule has 3 aromatic rings. The summed E-state index contributed by atoms with van der Waals surface area (Å²) < 4.78 is 0. The topological polar surface area (TPSA) is 24.9 Å². The lowest BCUT2D eigenvalue weighted by molar-refractivity contribution is 0.946. The first-order valence-corrected chi connectivity index (χ1v) is 8.11. The number of pyridine rings is 1. The van der Waals surface area contributed by atoms with Crippen molar-refractivity contribution in [2.24, 2.45) is 0 Å². The quantitative estimate of drug-likeness (QED) is 0.731. The van der Waals surface area contributed by atoms with E-state index in [0.29, 0.717) is 0 Å². The van der Waals surface area contributed by atoms with Crippen molar-refractivity contribution in [3.63, 3.8) is 0 Å². The highest BCUT2D eigenvalue weighted by Crippen LogP contribution is 2.36. The summed E-state index contributed by atoms with van der Waals surface area (Å²) in [4.78, 5) is 6.83. The van der Waals surface area contributed by atoms with Crippen LogP contribution in [0.3, 0.4) is 0 Å². The highest BCUT2D eigenvalue weighted by molar-refractivity contribution is 7.18. The molecule has 0 unspecified atom stereocenters. The summed E-state index contributed by atoms with van der Waals surface area (Å²) in [5.41, 5.74) is 7.24. The molecule has 0 aliphatic carbocycles. The van der Waals surface area contributed by atoms with Gasteiger partial charge in [-0.1, -0.05) is 18.7 Å². The van der Waals surface area contributed by atoms with Gasteiger partial charge >= 0.3 is 0 Å². The Morgan fingerprint density at radius 2 is 1.86 bits per heavy atom. The normalized spacial score (nSPS) is 13.0. The number of hydrogen-bond acceptors (Lipinski definition) is 3. The van der Waals surface area contributed by atoms with Gasteiger partial charge in [0.1, 0.15) is 0 Å². The molecule has 0 spiro atoms. The Hall–Kier alpha value is -2.39. The van der Waals surface area contributed by atoms with Crippen LogP contribution in [-0.4, -0.2) is 4.98 Å². The van der Waals surface area contributed by atoms with Crippen LogP contribution in [0.25, 0.3) is 26.6 Å². The first kappa shape index (κ1) is 13.3. The third-order valence-electron chi connectivity index (χ3n) is 3.97. The number of benzene rings is 1. The van der Waals surface area contributed by atoms with Gasteiger partial charge < -0.3 is 5.32 Å². The Morgan fingerprint density at radius 3 is 2.68 bits per heavy atom. The summed E-state index contributed by atoms with van der Waals surface area (Å²) in [6.45, 7) is 6.99. The first-order valence-electron chi connectivity index (χ1n) is 7.29. The minimum absolute atomic E-state index is 0.877. The monoisotopic (exact) mass is 304 g/mol. The van der Waals surface area contributed by atoms with Gasteiger partial charge in [-0.2, -0.15) is 0 Å². The molecular weight excluding hydrogens is 288 g/mol. The van der Waals surface area contributed by atoms with Crippen LogP contribution in [0, 0.1) is 6.92 Å². The Morgan fingerprint density at radius 1 is 1.05 bits per heavy atom. The van der Waals surface area contributed by atoms with Gasteiger partial charge in [0.25, 0.3) is 0 Å². The summed E-state index contributed by atoms with van der Waals surface area (Å²) >= 11 is 1.81. The highest BCUT2D eigenvalue weighted by atomic mass is 32.1. The van der Waals surface area contributed by atoms with Gasteiger partial charge in [-0.25, -0.2) is 0 Å². The number of aryl methyl sites for hydroxylation is 1. The summed E-state index contributed by atoms with van der Waals surface area (Å²) in [6, 6.07) is 13.2. The molecule has 22 heavy (non-hydrogen) atoms. The Kier molecular flexibility index (Phi) is 3.09. The lowest BCUT2D eigenvalue weighted by atomic mass is 10.0. The fourth-order valence-electron chi connectivity index (χ4n) is 2.82. The molecule has 1 aliphatic heterocycles. The van der Waals surface area contributed by atoms with Gasteiger partial charge in [-0.05, 0) is 47.9 Å². The molecule has 0 atom stereocenters. The molecule has 3 heteroatoms. The van der Waals surface area contributed by atoms with Crippen LogP contribution in [-0.2, 0) is 6.54 Å². The zero-order valence-electron chi connectivity index (χ0n) is 12.4. The second-order valence-electron chi connectivity index (χ2n) is 5.62. The number of nitrogens with one attached hydrogen (secondary N) is 1. The molecule has 1 N–H and O–H groups in total. The van der Waals surface area contributed by atoms with Crippen molar-refractivity contribution in [3.05, 3.63) is 72.1 Å². The van der Waals surface area contributed by atoms with Crippen LogP contribution in [0.5, 0.6) is 0 Å². The maximum atomic E-state index is 4.29. The van der Waals surface area contributed by atoms with Gasteiger partial charge in [0.15, 0.2) is 0 Å². The van der Waals surface area contributed by atoms with E-state index in [9.17, 15) is 0 Å². The second kappa shape index (κ2) is 5.11. The first-order chi connectivity index (χ1) is 10.7. The fraction of sp³-hybridized carbons (Fsp3) is 0.105. The summed E-state index contributed by atoms with van der Waals surface area (Å²) in [6.07, 6.45) is 3.82. The Labute approximate surface area is 134 Å². The summed E-state index contributed by atoms with van der Waals surface area (Å²) in [5, 5.41) is 3.30. The highest BCUT2D eigenvalue weighted by Gasteiger charge is 2.15. The Bertz CT molecular complexity index is 877. The van der Waals surface area contributed by atoms with Crippen molar-refractivity contribution >= 4 is 17.0 Å². The largest absolute Gasteiger partial charge is 0.381 e. The molecule has 0 fully saturated rings. The number of fused-ring (bicyclic) bond motifs is 1. The minimum Gasteiger partial charge on any atom is -0.381 e. The summed E-state index contributed by atoms with van der Waals surface area (Å²) in [5.74, 6) is 0. The van der Waals surface area contributed by atoms with Crippen LogP contribution in [0.1, 0.15) is 16.7 Å². The number of rotatable bonds is 2. The summed E-state index contributed by atoms with van der Waals surface area (Å²) in [7, 11) is 0. The van der Waals surface area contributed by atoms with Crippen LogP contribution in [0.2, 0.25) is 0 Å². The van der Waals surface area contributed by atoms with Crippen molar-refractivity contribution in [3.8, 4) is 20.9 Å². The van der Waals surface area contributed by atoms with E-state index >= 15 is 0 Å². The number of aromatic nitrogens is 1. The van der Waals surface area contributed by atoms with Gasteiger partial charge in [0, 0.05) is 45.5 Å². The van der Waals surface area contributed by atoms with E-state index in [1.165, 1.54) is 37.6 Å². The zero-order chi connectivity index (χ0) is 15.1. The molecule has 2 aromatic heterocycles. The Balaban J connectivity index is 1.71. The maximum Gasteiger partial charge on any atom is 0.0407 e. The van der Waals surface area contributed by atoms with Crippen molar-refractivity contribution in [2.75, 3.05) is 0 Å². The average Bonchev–Trinajstić information content (AvgIpc) is 3.15. The van der Waals surface area contributed by atoms with E-state index in [-0.39, 0.29) is 0 Å². The minimum atomic E-state index is 0.877. The molecule has 0 saturated heterocycles. The van der Waals surface area contributed by atoms with E-state index in [1.807, 2.05) is 23.7 Å². The zero-order valence-corrected chi connectivity index (χ0v) is 13.2. The molecule has 1 aliphatic rings. The molecular formula is C19H16N2S. The van der Waals surface area contributed by atoms with E-state index in [1.54, 1.807) is 0 Å². The smallest absolute Gasteiger partial charge is 0.0407 e. The van der Waals surface area contributed by atoms with E-state index in [0.717, 1.165) is 12.2 Å². The molecule has 0 amide bonds. The van der Waals surface area contributed by atoms with Crippen LogP contribution < -0.4 is 5.32 Å². The molecule has 3 heterocycles. The van der Waals surface area contributed by atoms with Crippen molar-refractivity contribution in [1.29, 1.82) is 0 Å². The lowest BCUT2D eigenvalue weighted by Crippen LogP contribution is -1.98. The lowest BCUT2D eigenvalue weighted by Gasteiger charge is -2.02. The van der Waals surface area contributed by atoms with Gasteiger partial charge in [0.05, 0.1) is 0 Å². The maximum absolute atomic E-state index is 4.29. The number of thiophene rings is 1. The van der Waals surface area contributed by atoms with Gasteiger partial charge in [-0.15, -0.1) is 11.3 Å². The molecule has 1 aromatic carbocycles. The van der Waals surface area contributed by atoms with Crippen molar-refractivity contribution in [1.82, 2.24) is 10.3 Å². The fourth-order valence-corrected chi connectivity index (χ4v) is 3.81. The van der Waals surface area contributed by atoms with Crippen molar-refractivity contribution in [2.45, 2.75) is 13.5 Å². The van der Waals surface area contributed by atoms with E-state index in [2.05, 4.69) is 60.2 Å². The van der Waals surface area contributed by atoms with E-state index < -0.39 is 0 Å². The SMILES string of the molecule is C=C1NCc2cc(-c3ccc(-c4cncc(C)c4)s3)ccc21. The van der Waals surface area contributed by atoms with E-state index in [4.69, 9.17) is 0 Å². The molecule has 2 nitrogen and oxygen atoms in total. The van der Waals surface area contributed by atoms with Crippen LogP contribution >= 0.6 is 11.3 Å². The van der Waals surface area contributed by atoms with Gasteiger partial charge in [-0.3, -0.25) is 4.98 Å². The predicted molar refractivity (Wildman–Crippen MR) is 93.6 cm³/mol. The third-order valence-corrected chi connectivity index (χ3v) is 5.16. The third kappa shape index (κ3) is 2.24. The van der Waals surface area contributed by atoms with Crippen LogP contribution in [0.15, 0.2) is 55.4 Å². The standard InChI is InChI=1S/C19H16N2S/c1-12-7-16(10-20-9-12)19-6-5-18(22-19)14-3-4-17-13(2)21-11-15(17)8-14/h3-10,21H,2,11H2,1H3. The molecule has 0 bridgehead atoms. The molecule has 0 saturated carbocycles. The predicted octanol–water partition coefficient (Wildman–Crippen LogP) is 4.86. The molecule has 108 valence electrons. The molecule has 0 radical (unpaired) electrons. The average molecular weight is 304 g/mol. The number of nitrogens with zero attached hydrogens (tertiary/aromatic N) is 1. The number of hydrogen-bond donors (Lipinski definition) is 1.